The van der Waals surface area contributed by atoms with Crippen molar-refractivity contribution in [2.24, 2.45) is 5.73 Å². The first kappa shape index (κ1) is 15.5. The molecule has 2 aromatic heterocycles. The first-order valence-corrected chi connectivity index (χ1v) is 7.54. The van der Waals surface area contributed by atoms with Gasteiger partial charge in [-0.2, -0.15) is 0 Å². The van der Waals surface area contributed by atoms with Gasteiger partial charge in [0.15, 0.2) is 0 Å². The largest absolute Gasteiger partial charge is 0.378 e. The van der Waals surface area contributed by atoms with Gasteiger partial charge in [-0.05, 0) is 52.3 Å². The molecule has 0 saturated heterocycles. The first-order chi connectivity index (χ1) is 10.1. The van der Waals surface area contributed by atoms with Crippen LogP contribution in [0.2, 0.25) is 0 Å². The maximum atomic E-state index is 12.6. The molecule has 0 radical (unpaired) electrons. The van der Waals surface area contributed by atoms with Gasteiger partial charge in [-0.1, -0.05) is 0 Å². The average Bonchev–Trinajstić information content (AvgIpc) is 2.47. The van der Waals surface area contributed by atoms with Crippen molar-refractivity contribution in [2.45, 2.75) is 46.2 Å². The van der Waals surface area contributed by atoms with Crippen LogP contribution in [0.25, 0.3) is 11.0 Å². The topological polar surface area (TPSA) is 72.9 Å². The summed E-state index contributed by atoms with van der Waals surface area (Å²) in [6, 6.07) is 3.97. The fourth-order valence-corrected chi connectivity index (χ4v) is 2.47. The molecule has 114 valence electrons. The van der Waals surface area contributed by atoms with Crippen molar-refractivity contribution in [3.05, 3.63) is 34.2 Å². The third kappa shape index (κ3) is 3.42. The van der Waals surface area contributed by atoms with E-state index in [1.807, 2.05) is 29.8 Å². The summed E-state index contributed by atoms with van der Waals surface area (Å²) in [6.07, 6.45) is 3.77. The fraction of sp³-hybridized carbons (Fsp3) is 0.500. The Morgan fingerprint density at radius 3 is 2.86 bits per heavy atom. The van der Waals surface area contributed by atoms with E-state index < -0.39 is 0 Å². The first-order valence-electron chi connectivity index (χ1n) is 7.54. The maximum absolute atomic E-state index is 12.6. The number of hydrogen-bond acceptors (Lipinski definition) is 4. The lowest BCUT2D eigenvalue weighted by Crippen LogP contribution is -2.23. The van der Waals surface area contributed by atoms with Gasteiger partial charge < -0.3 is 15.6 Å². The standard InChI is InChI=1S/C16H24N4O/c1-4-20-10-14(18-11(2)6-5-9-17)15(21)13-8-7-12(3)19-16(13)20/h7-8,10-11,18H,4-6,9,17H2,1-3H3. The van der Waals surface area contributed by atoms with Gasteiger partial charge in [0, 0.05) is 24.5 Å². The van der Waals surface area contributed by atoms with Gasteiger partial charge in [-0.25, -0.2) is 4.98 Å². The van der Waals surface area contributed by atoms with Crippen LogP contribution < -0.4 is 16.5 Å². The second kappa shape index (κ2) is 6.72. The summed E-state index contributed by atoms with van der Waals surface area (Å²) in [5.41, 5.74) is 7.86. The second-order valence-electron chi connectivity index (χ2n) is 5.46. The molecule has 0 aliphatic carbocycles. The van der Waals surface area contributed by atoms with E-state index in [1.54, 1.807) is 0 Å². The zero-order valence-electron chi connectivity index (χ0n) is 13.0. The van der Waals surface area contributed by atoms with E-state index in [4.69, 9.17) is 5.73 Å². The molecule has 5 heteroatoms. The summed E-state index contributed by atoms with van der Waals surface area (Å²) >= 11 is 0. The van der Waals surface area contributed by atoms with E-state index in [2.05, 4.69) is 24.1 Å². The number of nitrogens with two attached hydrogens (primary N) is 1. The van der Waals surface area contributed by atoms with E-state index in [0.717, 1.165) is 30.7 Å². The zero-order chi connectivity index (χ0) is 15.4. The number of fused-ring (bicyclic) bond motifs is 1. The molecule has 21 heavy (non-hydrogen) atoms. The number of hydrogen-bond donors (Lipinski definition) is 2. The van der Waals surface area contributed by atoms with Crippen LogP contribution in [-0.2, 0) is 6.54 Å². The summed E-state index contributed by atoms with van der Waals surface area (Å²) in [5, 5.41) is 3.98. The van der Waals surface area contributed by atoms with Crippen molar-refractivity contribution < 1.29 is 0 Å². The van der Waals surface area contributed by atoms with Crippen LogP contribution in [0.15, 0.2) is 23.1 Å². The van der Waals surface area contributed by atoms with Crippen LogP contribution >= 0.6 is 0 Å². The number of rotatable bonds is 6. The quantitative estimate of drug-likeness (QED) is 0.855. The summed E-state index contributed by atoms with van der Waals surface area (Å²) in [5.74, 6) is 0. The predicted octanol–water partition coefficient (Wildman–Crippen LogP) is 2.26. The summed E-state index contributed by atoms with van der Waals surface area (Å²) in [7, 11) is 0. The molecule has 2 aromatic rings. The highest BCUT2D eigenvalue weighted by molar-refractivity contribution is 5.79. The minimum atomic E-state index is 0.0156. The molecule has 2 rings (SSSR count). The number of anilines is 1. The van der Waals surface area contributed by atoms with E-state index in [0.29, 0.717) is 17.6 Å². The lowest BCUT2D eigenvalue weighted by atomic mass is 10.1. The third-order valence-corrected chi connectivity index (χ3v) is 3.64. The molecule has 2 heterocycles. The van der Waals surface area contributed by atoms with Crippen LogP contribution in [0.5, 0.6) is 0 Å². The van der Waals surface area contributed by atoms with E-state index in [-0.39, 0.29) is 11.5 Å². The van der Waals surface area contributed by atoms with Crippen LogP contribution in [-0.4, -0.2) is 22.1 Å². The molecule has 0 spiro atoms. The Morgan fingerprint density at radius 1 is 1.43 bits per heavy atom. The van der Waals surface area contributed by atoms with Crippen molar-refractivity contribution in [2.75, 3.05) is 11.9 Å². The van der Waals surface area contributed by atoms with Crippen LogP contribution in [0.4, 0.5) is 5.69 Å². The van der Waals surface area contributed by atoms with Crippen molar-refractivity contribution in [1.82, 2.24) is 9.55 Å². The molecular formula is C16H24N4O. The maximum Gasteiger partial charge on any atom is 0.214 e. The highest BCUT2D eigenvalue weighted by atomic mass is 16.1. The Bertz CT molecular complexity index is 678. The molecule has 0 amide bonds. The SMILES string of the molecule is CCn1cc(NC(C)CCCN)c(=O)c2ccc(C)nc21. The van der Waals surface area contributed by atoms with Crippen molar-refractivity contribution >= 4 is 16.7 Å². The number of nitrogens with one attached hydrogen (secondary N) is 1. The minimum Gasteiger partial charge on any atom is -0.378 e. The summed E-state index contributed by atoms with van der Waals surface area (Å²) < 4.78 is 2.02. The fourth-order valence-electron chi connectivity index (χ4n) is 2.47. The Kier molecular flexibility index (Phi) is 4.96. The van der Waals surface area contributed by atoms with Crippen LogP contribution in [0.1, 0.15) is 32.4 Å². The molecule has 0 aromatic carbocycles. The monoisotopic (exact) mass is 288 g/mol. The second-order valence-corrected chi connectivity index (χ2v) is 5.46. The molecule has 1 atom stereocenters. The molecule has 5 nitrogen and oxygen atoms in total. The van der Waals surface area contributed by atoms with Crippen molar-refractivity contribution in [3.63, 3.8) is 0 Å². The molecule has 3 N–H and O–H groups in total. The lowest BCUT2D eigenvalue weighted by molar-refractivity contribution is 0.661. The molecule has 0 aliphatic heterocycles. The molecular weight excluding hydrogens is 264 g/mol. The average molecular weight is 288 g/mol. The van der Waals surface area contributed by atoms with Gasteiger partial charge in [0.2, 0.25) is 5.43 Å². The third-order valence-electron chi connectivity index (χ3n) is 3.64. The Morgan fingerprint density at radius 2 is 2.19 bits per heavy atom. The number of aryl methyl sites for hydroxylation is 2. The Balaban J connectivity index is 2.43. The summed E-state index contributed by atoms with van der Waals surface area (Å²) in [4.78, 5) is 17.1. The summed E-state index contributed by atoms with van der Waals surface area (Å²) in [6.45, 7) is 7.51. The van der Waals surface area contributed by atoms with Gasteiger partial charge in [-0.3, -0.25) is 4.79 Å². The van der Waals surface area contributed by atoms with Crippen LogP contribution in [0.3, 0.4) is 0 Å². The lowest BCUT2D eigenvalue weighted by Gasteiger charge is -2.17. The Hall–Kier alpha value is -1.88. The molecule has 0 bridgehead atoms. The van der Waals surface area contributed by atoms with E-state index >= 15 is 0 Å². The van der Waals surface area contributed by atoms with E-state index in [1.165, 1.54) is 0 Å². The molecule has 0 fully saturated rings. The molecule has 0 aliphatic rings. The predicted molar refractivity (Wildman–Crippen MR) is 87.8 cm³/mol. The smallest absolute Gasteiger partial charge is 0.214 e. The highest BCUT2D eigenvalue weighted by Crippen LogP contribution is 2.14. The van der Waals surface area contributed by atoms with Gasteiger partial charge in [0.1, 0.15) is 5.65 Å². The molecule has 0 saturated carbocycles. The number of nitrogens with zero attached hydrogens (tertiary/aromatic N) is 2. The minimum absolute atomic E-state index is 0.0156. The highest BCUT2D eigenvalue weighted by Gasteiger charge is 2.11. The van der Waals surface area contributed by atoms with Gasteiger partial charge >= 0.3 is 0 Å². The Labute approximate surface area is 125 Å². The zero-order valence-corrected chi connectivity index (χ0v) is 13.0. The van der Waals surface area contributed by atoms with Gasteiger partial charge in [0.25, 0.3) is 0 Å². The number of aromatic nitrogens is 2. The van der Waals surface area contributed by atoms with Crippen LogP contribution in [0, 0.1) is 6.92 Å². The normalized spacial score (nSPS) is 12.6. The molecule has 1 unspecified atom stereocenters. The number of pyridine rings is 2. The van der Waals surface area contributed by atoms with Crippen molar-refractivity contribution in [3.8, 4) is 0 Å². The van der Waals surface area contributed by atoms with Gasteiger partial charge in [0.05, 0.1) is 11.1 Å². The van der Waals surface area contributed by atoms with E-state index in [9.17, 15) is 4.79 Å². The van der Waals surface area contributed by atoms with Gasteiger partial charge in [-0.15, -0.1) is 0 Å². The van der Waals surface area contributed by atoms with Crippen molar-refractivity contribution in [1.29, 1.82) is 0 Å².